The number of nitrogens with one attached hydrogen (secondary N) is 1. The molecule has 2 aromatic carbocycles. The molecule has 1 N–H and O–H groups in total. The summed E-state index contributed by atoms with van der Waals surface area (Å²) in [4.78, 5) is 12.7. The first-order valence-electron chi connectivity index (χ1n) is 8.45. The second-order valence-electron chi connectivity index (χ2n) is 5.88. The van der Waals surface area contributed by atoms with Gasteiger partial charge in [0.1, 0.15) is 17.4 Å². The predicted molar refractivity (Wildman–Crippen MR) is 111 cm³/mol. The van der Waals surface area contributed by atoms with Crippen LogP contribution in [0.5, 0.6) is 23.0 Å². The highest BCUT2D eigenvalue weighted by atomic mass is 35.5. The average Bonchev–Trinajstić information content (AvgIpc) is 2.73. The number of nitrogens with zero attached hydrogens (tertiary/aromatic N) is 1. The van der Waals surface area contributed by atoms with E-state index in [-0.39, 0.29) is 5.57 Å². The molecule has 2 rings (SSSR count). The van der Waals surface area contributed by atoms with E-state index in [0.717, 1.165) is 5.56 Å². The quantitative estimate of drug-likeness (QED) is 0.536. The number of hydrogen-bond acceptors (Lipinski definition) is 6. The minimum absolute atomic E-state index is 0.117. The molecule has 0 atom stereocenters. The lowest BCUT2D eigenvalue weighted by Crippen LogP contribution is -2.14. The number of nitriles is 1. The van der Waals surface area contributed by atoms with Crippen molar-refractivity contribution in [2.45, 2.75) is 6.92 Å². The third-order valence-corrected chi connectivity index (χ3v) is 4.50. The number of carbonyl (C=O) groups is 1. The second kappa shape index (κ2) is 9.71. The number of hydrogen-bond donors (Lipinski definition) is 1. The molecule has 0 unspecified atom stereocenters. The maximum absolute atomic E-state index is 12.7. The number of amides is 1. The van der Waals surface area contributed by atoms with Crippen molar-refractivity contribution in [2.24, 2.45) is 0 Å². The molecule has 1 amide bonds. The van der Waals surface area contributed by atoms with Crippen LogP contribution < -0.4 is 24.3 Å². The molecule has 0 aliphatic carbocycles. The molecular weight excluding hydrogens is 396 g/mol. The van der Waals surface area contributed by atoms with Crippen LogP contribution in [0.25, 0.3) is 6.08 Å². The Morgan fingerprint density at radius 2 is 1.59 bits per heavy atom. The number of halogens is 1. The Balaban J connectivity index is 2.41. The van der Waals surface area contributed by atoms with Gasteiger partial charge in [0.2, 0.25) is 5.75 Å². The summed E-state index contributed by atoms with van der Waals surface area (Å²) in [5, 5.41) is 12.7. The summed E-state index contributed by atoms with van der Waals surface area (Å²) in [6.45, 7) is 1.80. The van der Waals surface area contributed by atoms with E-state index in [0.29, 0.717) is 39.3 Å². The molecular formula is C21H21ClN2O5. The Morgan fingerprint density at radius 3 is 2.07 bits per heavy atom. The van der Waals surface area contributed by atoms with Crippen molar-refractivity contribution in [3.63, 3.8) is 0 Å². The summed E-state index contributed by atoms with van der Waals surface area (Å²) in [7, 11) is 5.93. The fourth-order valence-electron chi connectivity index (χ4n) is 2.62. The van der Waals surface area contributed by atoms with Gasteiger partial charge in [0.15, 0.2) is 11.5 Å². The maximum atomic E-state index is 12.7. The van der Waals surface area contributed by atoms with Gasteiger partial charge in [0.05, 0.1) is 34.1 Å². The van der Waals surface area contributed by atoms with Gasteiger partial charge in [-0.1, -0.05) is 11.6 Å². The maximum Gasteiger partial charge on any atom is 0.266 e. The Bertz CT molecular complexity index is 970. The van der Waals surface area contributed by atoms with Gasteiger partial charge in [-0.3, -0.25) is 4.79 Å². The number of anilines is 1. The predicted octanol–water partition coefficient (Wildman–Crippen LogP) is 4.23. The van der Waals surface area contributed by atoms with Crippen LogP contribution in [0.4, 0.5) is 5.69 Å². The van der Waals surface area contributed by atoms with Crippen LogP contribution >= 0.6 is 11.6 Å². The molecule has 152 valence electrons. The average molecular weight is 417 g/mol. The van der Waals surface area contributed by atoms with Crippen LogP contribution in [-0.2, 0) is 4.79 Å². The number of aryl methyl sites for hydroxylation is 1. The second-order valence-corrected chi connectivity index (χ2v) is 6.29. The van der Waals surface area contributed by atoms with Crippen molar-refractivity contribution in [3.8, 4) is 29.1 Å². The van der Waals surface area contributed by atoms with E-state index in [1.54, 1.807) is 31.2 Å². The summed E-state index contributed by atoms with van der Waals surface area (Å²) in [5.41, 5.74) is 1.58. The molecule has 0 saturated carbocycles. The molecule has 29 heavy (non-hydrogen) atoms. The zero-order valence-electron chi connectivity index (χ0n) is 16.8. The zero-order valence-corrected chi connectivity index (χ0v) is 17.5. The number of carbonyl (C=O) groups excluding carboxylic acids is 1. The van der Waals surface area contributed by atoms with Gasteiger partial charge in [-0.05, 0) is 42.3 Å². The summed E-state index contributed by atoms with van der Waals surface area (Å²) in [6, 6.07) is 8.46. The molecule has 0 fully saturated rings. The molecule has 0 radical (unpaired) electrons. The van der Waals surface area contributed by atoms with Gasteiger partial charge < -0.3 is 24.3 Å². The van der Waals surface area contributed by atoms with Gasteiger partial charge in [-0.2, -0.15) is 5.26 Å². The summed E-state index contributed by atoms with van der Waals surface area (Å²) in [5.74, 6) is 1.02. The van der Waals surface area contributed by atoms with Crippen LogP contribution in [0.15, 0.2) is 29.8 Å². The molecule has 0 aromatic heterocycles. The highest BCUT2D eigenvalue weighted by Gasteiger charge is 2.16. The largest absolute Gasteiger partial charge is 0.495 e. The SMILES string of the molecule is COc1cc(Cl)c(C)cc1NC(=O)/C(C#N)=C/c1cc(OC)c(OC)c(OC)c1. The molecule has 0 spiro atoms. The lowest BCUT2D eigenvalue weighted by atomic mass is 10.1. The number of benzene rings is 2. The van der Waals surface area contributed by atoms with Crippen LogP contribution in [0.3, 0.4) is 0 Å². The minimum atomic E-state index is -0.596. The highest BCUT2D eigenvalue weighted by molar-refractivity contribution is 6.31. The Hall–Kier alpha value is -3.37. The number of rotatable bonds is 7. The first-order chi connectivity index (χ1) is 13.9. The number of methoxy groups -OCH3 is 4. The van der Waals surface area contributed by atoms with E-state index >= 15 is 0 Å². The molecule has 0 heterocycles. The van der Waals surface area contributed by atoms with E-state index in [2.05, 4.69) is 5.32 Å². The first-order valence-corrected chi connectivity index (χ1v) is 8.83. The Kier molecular flexibility index (Phi) is 7.34. The lowest BCUT2D eigenvalue weighted by Gasteiger charge is -2.13. The minimum Gasteiger partial charge on any atom is -0.495 e. The van der Waals surface area contributed by atoms with E-state index in [4.69, 9.17) is 30.5 Å². The van der Waals surface area contributed by atoms with Crippen molar-refractivity contribution >= 4 is 29.3 Å². The third kappa shape index (κ3) is 4.92. The normalized spacial score (nSPS) is 10.7. The van der Waals surface area contributed by atoms with Crippen molar-refractivity contribution in [2.75, 3.05) is 33.8 Å². The smallest absolute Gasteiger partial charge is 0.266 e. The molecule has 7 nitrogen and oxygen atoms in total. The molecule has 2 aromatic rings. The van der Waals surface area contributed by atoms with E-state index in [1.807, 2.05) is 6.07 Å². The zero-order chi connectivity index (χ0) is 21.6. The molecule has 0 bridgehead atoms. The van der Waals surface area contributed by atoms with Crippen LogP contribution in [0, 0.1) is 18.3 Å². The summed E-state index contributed by atoms with van der Waals surface area (Å²) in [6.07, 6.45) is 1.43. The van der Waals surface area contributed by atoms with Gasteiger partial charge in [0, 0.05) is 11.1 Å². The van der Waals surface area contributed by atoms with Crippen molar-refractivity contribution in [1.29, 1.82) is 5.26 Å². The first kappa shape index (κ1) is 21.9. The molecule has 0 aliphatic heterocycles. The molecule has 0 saturated heterocycles. The van der Waals surface area contributed by atoms with E-state index < -0.39 is 5.91 Å². The van der Waals surface area contributed by atoms with Crippen LogP contribution in [0.1, 0.15) is 11.1 Å². The monoisotopic (exact) mass is 416 g/mol. The molecule has 0 aliphatic rings. The topological polar surface area (TPSA) is 89.8 Å². The van der Waals surface area contributed by atoms with Gasteiger partial charge >= 0.3 is 0 Å². The van der Waals surface area contributed by atoms with Crippen LogP contribution in [0.2, 0.25) is 5.02 Å². The Labute approximate surface area is 174 Å². The third-order valence-electron chi connectivity index (χ3n) is 4.09. The van der Waals surface area contributed by atoms with Gasteiger partial charge in [-0.25, -0.2) is 0 Å². The van der Waals surface area contributed by atoms with Crippen LogP contribution in [-0.4, -0.2) is 34.3 Å². The van der Waals surface area contributed by atoms with E-state index in [9.17, 15) is 10.1 Å². The summed E-state index contributed by atoms with van der Waals surface area (Å²) < 4.78 is 21.1. The van der Waals surface area contributed by atoms with Crippen molar-refractivity contribution < 1.29 is 23.7 Å². The van der Waals surface area contributed by atoms with E-state index in [1.165, 1.54) is 34.5 Å². The van der Waals surface area contributed by atoms with Crippen molar-refractivity contribution in [3.05, 3.63) is 46.0 Å². The lowest BCUT2D eigenvalue weighted by molar-refractivity contribution is -0.112. The molecule has 8 heteroatoms. The fourth-order valence-corrected chi connectivity index (χ4v) is 2.77. The standard InChI is InChI=1S/C21H21ClN2O5/c1-12-6-16(17(26-2)10-15(12)22)24-21(25)14(11-23)7-13-8-18(27-3)20(29-5)19(9-13)28-4/h6-10H,1-5H3,(H,24,25)/b14-7+. The fraction of sp³-hybridized carbons (Fsp3) is 0.238. The van der Waals surface area contributed by atoms with Gasteiger partial charge in [-0.15, -0.1) is 0 Å². The van der Waals surface area contributed by atoms with Gasteiger partial charge in [0.25, 0.3) is 5.91 Å². The Morgan fingerprint density at radius 1 is 1.00 bits per heavy atom. The highest BCUT2D eigenvalue weighted by Crippen LogP contribution is 2.39. The summed E-state index contributed by atoms with van der Waals surface area (Å²) >= 11 is 6.09. The number of ether oxygens (including phenoxy) is 4. The van der Waals surface area contributed by atoms with Crippen molar-refractivity contribution in [1.82, 2.24) is 0 Å².